The second-order valence-electron chi connectivity index (χ2n) is 8.24. The Balaban J connectivity index is 1.39. The number of carboxylic acids is 1. The Bertz CT molecular complexity index is 514. The minimum atomic E-state index is -0.809. The molecule has 0 bridgehead atoms. The van der Waals surface area contributed by atoms with Crippen molar-refractivity contribution in [1.29, 1.82) is 0 Å². The normalized spacial score (nSPS) is 30.0. The van der Waals surface area contributed by atoms with E-state index < -0.39 is 5.97 Å². The molecule has 148 valence electrons. The van der Waals surface area contributed by atoms with Crippen molar-refractivity contribution in [3.63, 3.8) is 0 Å². The summed E-state index contributed by atoms with van der Waals surface area (Å²) in [7, 11) is 0. The van der Waals surface area contributed by atoms with Crippen molar-refractivity contribution in [1.82, 2.24) is 5.48 Å². The number of fused-ring (bicyclic) bond motifs is 1. The van der Waals surface area contributed by atoms with E-state index in [4.69, 9.17) is 9.94 Å². The maximum absolute atomic E-state index is 10.5. The highest BCUT2D eigenvalue weighted by atomic mass is 16.6. The van der Waals surface area contributed by atoms with Crippen molar-refractivity contribution < 1.29 is 25.0 Å². The van der Waals surface area contributed by atoms with Crippen LogP contribution in [0.2, 0.25) is 0 Å². The second kappa shape index (κ2) is 9.20. The van der Waals surface area contributed by atoms with Gasteiger partial charge in [0.1, 0.15) is 0 Å². The zero-order chi connectivity index (χ0) is 18.5. The second-order valence-corrected chi connectivity index (χ2v) is 8.24. The number of hydrogen-bond acceptors (Lipinski definition) is 5. The van der Waals surface area contributed by atoms with Gasteiger partial charge in [0, 0.05) is 12.1 Å². The third-order valence-corrected chi connectivity index (χ3v) is 6.52. The predicted octanol–water partition coefficient (Wildman–Crippen LogP) is 2.75. The van der Waals surface area contributed by atoms with Crippen molar-refractivity contribution >= 4 is 5.97 Å². The van der Waals surface area contributed by atoms with E-state index in [1.165, 1.54) is 24.8 Å². The Hall–Kier alpha value is -1.11. The van der Waals surface area contributed by atoms with Gasteiger partial charge in [-0.2, -0.15) is 0 Å². The van der Waals surface area contributed by atoms with Crippen molar-refractivity contribution in [2.24, 2.45) is 17.8 Å². The predicted molar refractivity (Wildman–Crippen MR) is 97.0 cm³/mol. The summed E-state index contributed by atoms with van der Waals surface area (Å²) in [4.78, 5) is 15.8. The molecule has 4 atom stereocenters. The molecule has 3 aliphatic carbocycles. The van der Waals surface area contributed by atoms with Crippen LogP contribution in [0.5, 0.6) is 0 Å². The summed E-state index contributed by atoms with van der Waals surface area (Å²) < 4.78 is 0. The first-order chi connectivity index (χ1) is 12.6. The molecule has 0 amide bonds. The van der Waals surface area contributed by atoms with Crippen molar-refractivity contribution in [2.45, 2.75) is 82.8 Å². The smallest absolute Gasteiger partial charge is 0.303 e. The maximum atomic E-state index is 10.5. The summed E-state index contributed by atoms with van der Waals surface area (Å²) in [6.07, 6.45) is 9.40. The van der Waals surface area contributed by atoms with Crippen LogP contribution in [0.25, 0.3) is 0 Å². The number of carboxylic acid groups (broad SMARTS) is 1. The van der Waals surface area contributed by atoms with Gasteiger partial charge in [0.25, 0.3) is 0 Å². The molecule has 0 aliphatic heterocycles. The monoisotopic (exact) mass is 367 g/mol. The first kappa shape index (κ1) is 19.6. The fourth-order valence-corrected chi connectivity index (χ4v) is 4.95. The highest BCUT2D eigenvalue weighted by Crippen LogP contribution is 2.51. The highest BCUT2D eigenvalue weighted by Gasteiger charge is 2.46. The standard InChI is InChI=1S/C20H33NO5/c22-18(13-5-2-1-3-6-13)9-8-14-15-11-17(16(15)12-19(14)23)21-26-10-4-7-20(24)25/h13-15,18-19,21-23H,1-12H2,(H,24,25). The average molecular weight is 367 g/mol. The van der Waals surface area contributed by atoms with Crippen LogP contribution in [0, 0.1) is 17.8 Å². The van der Waals surface area contributed by atoms with Gasteiger partial charge in [-0.05, 0) is 68.3 Å². The van der Waals surface area contributed by atoms with E-state index in [-0.39, 0.29) is 24.5 Å². The van der Waals surface area contributed by atoms with Gasteiger partial charge in [0.15, 0.2) is 0 Å². The number of hydrogen-bond donors (Lipinski definition) is 4. The Morgan fingerprint density at radius 2 is 2.00 bits per heavy atom. The van der Waals surface area contributed by atoms with E-state index in [0.29, 0.717) is 31.3 Å². The molecule has 0 spiro atoms. The van der Waals surface area contributed by atoms with Gasteiger partial charge in [-0.1, -0.05) is 19.3 Å². The number of aliphatic hydroxyl groups is 2. The molecule has 4 unspecified atom stereocenters. The molecule has 6 heteroatoms. The molecule has 2 fully saturated rings. The number of aliphatic hydroxyl groups excluding tert-OH is 2. The van der Waals surface area contributed by atoms with Gasteiger partial charge in [0.05, 0.1) is 18.8 Å². The summed E-state index contributed by atoms with van der Waals surface area (Å²) >= 11 is 0. The van der Waals surface area contributed by atoms with Gasteiger partial charge in [0.2, 0.25) is 0 Å². The van der Waals surface area contributed by atoms with E-state index in [1.54, 1.807) is 0 Å². The van der Waals surface area contributed by atoms with E-state index in [9.17, 15) is 15.0 Å². The summed E-state index contributed by atoms with van der Waals surface area (Å²) in [6, 6.07) is 0. The molecule has 2 saturated carbocycles. The van der Waals surface area contributed by atoms with Crippen molar-refractivity contribution in [3.8, 4) is 0 Å². The molecule has 0 saturated heterocycles. The Morgan fingerprint density at radius 3 is 2.73 bits per heavy atom. The molecular formula is C20H33NO5. The van der Waals surface area contributed by atoms with Crippen LogP contribution >= 0.6 is 0 Å². The minimum absolute atomic E-state index is 0.111. The van der Waals surface area contributed by atoms with Gasteiger partial charge in [-0.15, -0.1) is 0 Å². The Kier molecular flexibility index (Phi) is 6.95. The molecule has 0 aromatic heterocycles. The molecule has 0 radical (unpaired) electrons. The number of aliphatic carboxylic acids is 1. The van der Waals surface area contributed by atoms with E-state index >= 15 is 0 Å². The van der Waals surface area contributed by atoms with E-state index in [1.807, 2.05) is 0 Å². The van der Waals surface area contributed by atoms with Gasteiger partial charge >= 0.3 is 5.97 Å². The first-order valence-electron chi connectivity index (χ1n) is 10.2. The third-order valence-electron chi connectivity index (χ3n) is 6.52. The number of hydroxylamine groups is 1. The summed E-state index contributed by atoms with van der Waals surface area (Å²) in [5.41, 5.74) is 5.26. The van der Waals surface area contributed by atoms with Crippen molar-refractivity contribution in [3.05, 3.63) is 11.3 Å². The topological polar surface area (TPSA) is 99.0 Å². The van der Waals surface area contributed by atoms with Crippen LogP contribution < -0.4 is 5.48 Å². The largest absolute Gasteiger partial charge is 0.481 e. The molecule has 3 aliphatic rings. The van der Waals surface area contributed by atoms with E-state index in [0.717, 1.165) is 37.8 Å². The minimum Gasteiger partial charge on any atom is -0.481 e. The number of rotatable bonds is 10. The van der Waals surface area contributed by atoms with Crippen LogP contribution in [0.15, 0.2) is 11.3 Å². The molecule has 0 heterocycles. The van der Waals surface area contributed by atoms with Crippen LogP contribution in [0.3, 0.4) is 0 Å². The SMILES string of the molecule is O=C(O)CCCONC1=C2CC(O)C(CCC(O)C3CCCCC3)C2C1. The highest BCUT2D eigenvalue weighted by molar-refractivity contribution is 5.66. The quantitative estimate of drug-likeness (QED) is 0.350. The zero-order valence-electron chi connectivity index (χ0n) is 15.5. The molecule has 0 aromatic carbocycles. The summed E-state index contributed by atoms with van der Waals surface area (Å²) in [5, 5.41) is 29.5. The van der Waals surface area contributed by atoms with Gasteiger partial charge < -0.3 is 15.3 Å². The fraction of sp³-hybridized carbons (Fsp3) is 0.850. The molecule has 0 aromatic rings. The number of allylic oxidation sites excluding steroid dienone is 1. The van der Waals surface area contributed by atoms with E-state index in [2.05, 4.69) is 5.48 Å². The molecule has 3 rings (SSSR count). The average Bonchev–Trinajstić information content (AvgIpc) is 2.87. The van der Waals surface area contributed by atoms with Crippen LogP contribution in [0.4, 0.5) is 0 Å². The number of nitrogens with one attached hydrogen (secondary N) is 1. The number of carbonyl (C=O) groups is 1. The third kappa shape index (κ3) is 4.78. The molecular weight excluding hydrogens is 334 g/mol. The van der Waals surface area contributed by atoms with Crippen LogP contribution in [-0.4, -0.2) is 40.1 Å². The lowest BCUT2D eigenvalue weighted by Gasteiger charge is -2.33. The lowest BCUT2D eigenvalue weighted by molar-refractivity contribution is -0.137. The molecule has 26 heavy (non-hydrogen) atoms. The van der Waals surface area contributed by atoms with Crippen LogP contribution in [0.1, 0.15) is 70.6 Å². The zero-order valence-corrected chi connectivity index (χ0v) is 15.5. The summed E-state index contributed by atoms with van der Waals surface area (Å²) in [5.74, 6) is 0.307. The molecule has 4 N–H and O–H groups in total. The van der Waals surface area contributed by atoms with Gasteiger partial charge in [-0.25, -0.2) is 0 Å². The maximum Gasteiger partial charge on any atom is 0.303 e. The fourth-order valence-electron chi connectivity index (χ4n) is 4.95. The Morgan fingerprint density at radius 1 is 1.23 bits per heavy atom. The van der Waals surface area contributed by atoms with Crippen molar-refractivity contribution in [2.75, 3.05) is 6.61 Å². The van der Waals surface area contributed by atoms with Crippen LogP contribution in [-0.2, 0) is 9.63 Å². The van der Waals surface area contributed by atoms with Gasteiger partial charge in [-0.3, -0.25) is 15.1 Å². The molecule has 6 nitrogen and oxygen atoms in total. The lowest BCUT2D eigenvalue weighted by atomic mass is 9.76. The lowest BCUT2D eigenvalue weighted by Crippen LogP contribution is -2.31. The first-order valence-corrected chi connectivity index (χ1v) is 10.2. The summed E-state index contributed by atoms with van der Waals surface area (Å²) in [6.45, 7) is 0.368. The Labute approximate surface area is 155 Å².